The van der Waals surface area contributed by atoms with Gasteiger partial charge in [-0.3, -0.25) is 0 Å². The van der Waals surface area contributed by atoms with E-state index in [-0.39, 0.29) is 0 Å². The number of benzene rings is 2. The molecule has 2 rings (SSSR count). The summed E-state index contributed by atoms with van der Waals surface area (Å²) in [5.41, 5.74) is 7.78. The summed E-state index contributed by atoms with van der Waals surface area (Å²) in [5.74, 6) is 6.46. The summed E-state index contributed by atoms with van der Waals surface area (Å²) in [6.07, 6.45) is 1.64. The number of hydrogen-bond acceptors (Lipinski definition) is 4. The highest BCUT2D eigenvalue weighted by atomic mass is 32.2. The quantitative estimate of drug-likeness (QED) is 0.384. The van der Waals surface area contributed by atoms with Crippen molar-refractivity contribution in [1.82, 2.24) is 0 Å². The third-order valence-corrected chi connectivity index (χ3v) is 3.87. The van der Waals surface area contributed by atoms with E-state index < -0.39 is 5.60 Å². The van der Waals surface area contributed by atoms with Crippen molar-refractivity contribution >= 4 is 23.1 Å². The minimum absolute atomic E-state index is 0.424. The van der Waals surface area contributed by atoms with Crippen LogP contribution in [-0.2, 0) is 5.75 Å². The second kappa shape index (κ2) is 9.07. The predicted molar refractivity (Wildman–Crippen MR) is 107 cm³/mol. The molecule has 0 radical (unpaired) electrons. The van der Waals surface area contributed by atoms with Crippen LogP contribution < -0.4 is 5.73 Å². The van der Waals surface area contributed by atoms with Gasteiger partial charge in [0.2, 0.25) is 0 Å². The molecular formula is C20H21N3OS. The van der Waals surface area contributed by atoms with Gasteiger partial charge in [-0.05, 0) is 37.1 Å². The number of aliphatic hydroxyl groups is 1. The fourth-order valence-corrected chi connectivity index (χ4v) is 2.40. The van der Waals surface area contributed by atoms with E-state index in [9.17, 15) is 5.11 Å². The molecule has 0 heterocycles. The van der Waals surface area contributed by atoms with Crippen LogP contribution in [0.1, 0.15) is 30.5 Å². The Morgan fingerprint density at radius 3 is 2.48 bits per heavy atom. The first-order valence-electron chi connectivity index (χ1n) is 7.81. The lowest BCUT2D eigenvalue weighted by Crippen LogP contribution is -2.14. The lowest BCUT2D eigenvalue weighted by molar-refractivity contribution is 0.143. The fourth-order valence-electron chi connectivity index (χ4n) is 1.79. The highest BCUT2D eigenvalue weighted by Crippen LogP contribution is 2.11. The highest BCUT2D eigenvalue weighted by Gasteiger charge is 2.05. The lowest BCUT2D eigenvalue weighted by atomic mass is 10.1. The summed E-state index contributed by atoms with van der Waals surface area (Å²) in [6, 6.07) is 17.6. The van der Waals surface area contributed by atoms with E-state index in [1.54, 1.807) is 20.1 Å². The summed E-state index contributed by atoms with van der Waals surface area (Å²) in [5, 5.41) is 18.0. The molecule has 0 aliphatic rings. The van der Waals surface area contributed by atoms with E-state index >= 15 is 0 Å². The summed E-state index contributed by atoms with van der Waals surface area (Å²) in [4.78, 5) is 0. The lowest BCUT2D eigenvalue weighted by Gasteiger charge is -2.05. The topological polar surface area (TPSA) is 71.0 Å². The Morgan fingerprint density at radius 2 is 1.84 bits per heavy atom. The van der Waals surface area contributed by atoms with Gasteiger partial charge >= 0.3 is 0 Å². The molecule has 0 unspecified atom stereocenters. The molecule has 0 atom stereocenters. The zero-order valence-corrected chi connectivity index (χ0v) is 15.1. The first-order valence-corrected chi connectivity index (χ1v) is 8.80. The van der Waals surface area contributed by atoms with Crippen LogP contribution in [0.25, 0.3) is 0 Å². The number of amidine groups is 1. The van der Waals surface area contributed by atoms with Crippen LogP contribution in [0.4, 0.5) is 0 Å². The molecule has 0 aliphatic carbocycles. The van der Waals surface area contributed by atoms with Crippen molar-refractivity contribution in [3.63, 3.8) is 0 Å². The third kappa shape index (κ3) is 7.71. The molecule has 0 aliphatic heterocycles. The van der Waals surface area contributed by atoms with Gasteiger partial charge < -0.3 is 10.8 Å². The fraction of sp³-hybridized carbons (Fsp3) is 0.200. The second-order valence-corrected chi connectivity index (χ2v) is 6.88. The molecular weight excluding hydrogens is 330 g/mol. The summed E-state index contributed by atoms with van der Waals surface area (Å²) in [6.45, 7) is 3.30. The minimum Gasteiger partial charge on any atom is -0.378 e. The van der Waals surface area contributed by atoms with Crippen LogP contribution in [-0.4, -0.2) is 22.1 Å². The smallest absolute Gasteiger partial charge is 0.180 e. The van der Waals surface area contributed by atoms with Crippen LogP contribution in [0.15, 0.2) is 64.8 Å². The molecule has 0 amide bonds. The Hall–Kier alpha value is -2.55. The zero-order chi connectivity index (χ0) is 18.1. The normalized spacial score (nSPS) is 12.0. The molecule has 128 valence electrons. The molecule has 4 nitrogen and oxygen atoms in total. The van der Waals surface area contributed by atoms with Gasteiger partial charge in [-0.25, -0.2) is 0 Å². The van der Waals surface area contributed by atoms with Gasteiger partial charge in [0.05, 0.1) is 6.21 Å². The van der Waals surface area contributed by atoms with Crippen molar-refractivity contribution < 1.29 is 5.11 Å². The van der Waals surface area contributed by atoms with E-state index in [1.165, 1.54) is 17.3 Å². The Bertz CT molecular complexity index is 795. The summed E-state index contributed by atoms with van der Waals surface area (Å²) >= 11 is 1.45. The van der Waals surface area contributed by atoms with Crippen molar-refractivity contribution in [2.24, 2.45) is 15.9 Å². The van der Waals surface area contributed by atoms with Crippen molar-refractivity contribution in [2.75, 3.05) is 0 Å². The van der Waals surface area contributed by atoms with Crippen LogP contribution in [0, 0.1) is 11.8 Å². The Balaban J connectivity index is 1.89. The van der Waals surface area contributed by atoms with E-state index in [0.29, 0.717) is 5.17 Å². The minimum atomic E-state index is -0.996. The van der Waals surface area contributed by atoms with Crippen LogP contribution in [0.2, 0.25) is 0 Å². The van der Waals surface area contributed by atoms with Crippen LogP contribution >= 0.6 is 11.8 Å². The Kier molecular flexibility index (Phi) is 6.81. The number of nitrogens with zero attached hydrogens (tertiary/aromatic N) is 2. The maximum absolute atomic E-state index is 9.59. The molecule has 0 spiro atoms. The first kappa shape index (κ1) is 18.8. The number of rotatable bonds is 4. The SMILES string of the molecule is CC(C)(O)C#Cc1ccc(C=NN=C(N)SCc2ccccc2)cc1. The summed E-state index contributed by atoms with van der Waals surface area (Å²) < 4.78 is 0. The molecule has 5 heteroatoms. The molecule has 0 fully saturated rings. The molecule has 3 N–H and O–H groups in total. The maximum Gasteiger partial charge on any atom is 0.180 e. The van der Waals surface area contributed by atoms with Gasteiger partial charge in [0.15, 0.2) is 5.17 Å². The average Bonchev–Trinajstić information content (AvgIpc) is 2.59. The molecule has 0 saturated carbocycles. The molecule has 2 aromatic carbocycles. The van der Waals surface area contributed by atoms with E-state index in [4.69, 9.17) is 5.73 Å². The van der Waals surface area contributed by atoms with Gasteiger partial charge in [0, 0.05) is 11.3 Å². The van der Waals surface area contributed by atoms with Gasteiger partial charge in [0.25, 0.3) is 0 Å². The average molecular weight is 351 g/mol. The van der Waals surface area contributed by atoms with E-state index in [0.717, 1.165) is 16.9 Å². The van der Waals surface area contributed by atoms with Gasteiger partial charge in [-0.2, -0.15) is 5.10 Å². The van der Waals surface area contributed by atoms with Crippen LogP contribution in [0.3, 0.4) is 0 Å². The molecule has 25 heavy (non-hydrogen) atoms. The standard InChI is InChI=1S/C20H21N3OS/c1-20(2,24)13-12-16-8-10-17(11-9-16)14-22-23-19(21)25-15-18-6-4-3-5-7-18/h3-11,14,24H,15H2,1-2H3,(H2,21,23). The van der Waals surface area contributed by atoms with Gasteiger partial charge in [0.1, 0.15) is 5.60 Å². The van der Waals surface area contributed by atoms with Crippen LogP contribution in [0.5, 0.6) is 0 Å². The highest BCUT2D eigenvalue weighted by molar-refractivity contribution is 8.13. The van der Waals surface area contributed by atoms with E-state index in [2.05, 4.69) is 22.0 Å². The molecule has 0 aromatic heterocycles. The number of hydrogen-bond donors (Lipinski definition) is 2. The number of thioether (sulfide) groups is 1. The van der Waals surface area contributed by atoms with Crippen molar-refractivity contribution in [2.45, 2.75) is 25.2 Å². The largest absolute Gasteiger partial charge is 0.378 e. The van der Waals surface area contributed by atoms with Crippen molar-refractivity contribution in [1.29, 1.82) is 0 Å². The van der Waals surface area contributed by atoms with E-state index in [1.807, 2.05) is 54.6 Å². The second-order valence-electron chi connectivity index (χ2n) is 5.89. The molecule has 0 bridgehead atoms. The molecule has 2 aromatic rings. The number of nitrogens with two attached hydrogens (primary N) is 1. The first-order chi connectivity index (χ1) is 11.9. The maximum atomic E-state index is 9.59. The zero-order valence-electron chi connectivity index (χ0n) is 14.3. The Labute approximate surface area is 152 Å². The van der Waals surface area contributed by atoms with Gasteiger partial charge in [-0.15, -0.1) is 5.10 Å². The molecule has 0 saturated heterocycles. The van der Waals surface area contributed by atoms with Crippen molar-refractivity contribution in [3.05, 3.63) is 71.3 Å². The van der Waals surface area contributed by atoms with Gasteiger partial charge in [-0.1, -0.05) is 66.1 Å². The summed E-state index contributed by atoms with van der Waals surface area (Å²) in [7, 11) is 0. The van der Waals surface area contributed by atoms with Crippen molar-refractivity contribution in [3.8, 4) is 11.8 Å². The predicted octanol–water partition coefficient (Wildman–Crippen LogP) is 3.39. The third-order valence-electron chi connectivity index (χ3n) is 3.02. The Morgan fingerprint density at radius 1 is 1.16 bits per heavy atom. The monoisotopic (exact) mass is 351 g/mol.